The molecule has 25 heavy (non-hydrogen) atoms. The highest BCUT2D eigenvalue weighted by atomic mass is 16.4. The lowest BCUT2D eigenvalue weighted by molar-refractivity contribution is 0.0694. The molecule has 0 unspecified atom stereocenters. The highest BCUT2D eigenvalue weighted by Crippen LogP contribution is 2.23. The van der Waals surface area contributed by atoms with Crippen molar-refractivity contribution in [2.45, 2.75) is 32.2 Å². The number of carboxylic acids is 1. The zero-order valence-electron chi connectivity index (χ0n) is 13.7. The largest absolute Gasteiger partial charge is 0.478 e. The summed E-state index contributed by atoms with van der Waals surface area (Å²) in [4.78, 5) is 35.8. The minimum absolute atomic E-state index is 0.0348. The number of amides is 2. The van der Waals surface area contributed by atoms with Crippen LogP contribution in [-0.2, 0) is 6.42 Å². The highest BCUT2D eigenvalue weighted by Gasteiger charge is 2.26. The van der Waals surface area contributed by atoms with Gasteiger partial charge in [-0.15, -0.1) is 0 Å². The van der Waals surface area contributed by atoms with E-state index in [0.717, 1.165) is 12.8 Å². The normalized spacial score (nSPS) is 13.3. The Labute approximate surface area is 144 Å². The summed E-state index contributed by atoms with van der Waals surface area (Å²) in [6, 6.07) is 8.04. The Morgan fingerprint density at radius 1 is 1.16 bits per heavy atom. The molecule has 130 valence electrons. The SMILES string of the molecule is CCc1oc(C(=O)Nc2ccccc2C(=O)NC2CC2)cc1C(=O)O. The summed E-state index contributed by atoms with van der Waals surface area (Å²) < 4.78 is 5.34. The summed E-state index contributed by atoms with van der Waals surface area (Å²) in [5.74, 6) is -1.87. The molecule has 2 amide bonds. The molecule has 2 aromatic rings. The number of para-hydroxylation sites is 1. The van der Waals surface area contributed by atoms with Crippen LogP contribution in [0.4, 0.5) is 5.69 Å². The van der Waals surface area contributed by atoms with Crippen LogP contribution in [0.25, 0.3) is 0 Å². The summed E-state index contributed by atoms with van der Waals surface area (Å²) in [6.07, 6.45) is 2.28. The van der Waals surface area contributed by atoms with E-state index in [4.69, 9.17) is 9.52 Å². The van der Waals surface area contributed by atoms with Gasteiger partial charge in [-0.3, -0.25) is 9.59 Å². The number of nitrogens with one attached hydrogen (secondary N) is 2. The van der Waals surface area contributed by atoms with Gasteiger partial charge in [0, 0.05) is 18.5 Å². The Bertz CT molecular complexity index is 836. The van der Waals surface area contributed by atoms with Crippen molar-refractivity contribution in [2.24, 2.45) is 0 Å². The van der Waals surface area contributed by atoms with Gasteiger partial charge in [-0.2, -0.15) is 0 Å². The Hall–Kier alpha value is -3.09. The fourth-order valence-corrected chi connectivity index (χ4v) is 2.45. The van der Waals surface area contributed by atoms with Gasteiger partial charge in [0.2, 0.25) is 0 Å². The van der Waals surface area contributed by atoms with Gasteiger partial charge >= 0.3 is 5.97 Å². The standard InChI is InChI=1S/C18H18N2O5/c1-2-14-12(18(23)24)9-15(25-14)17(22)20-13-6-4-3-5-11(13)16(21)19-10-7-8-10/h3-6,9-10H,2,7-8H2,1H3,(H,19,21)(H,20,22)(H,23,24). The zero-order valence-corrected chi connectivity index (χ0v) is 13.7. The van der Waals surface area contributed by atoms with E-state index in [-0.39, 0.29) is 29.0 Å². The number of carbonyl (C=O) groups is 3. The maximum Gasteiger partial charge on any atom is 0.339 e. The van der Waals surface area contributed by atoms with Crippen LogP contribution in [0.5, 0.6) is 0 Å². The van der Waals surface area contributed by atoms with E-state index in [1.165, 1.54) is 6.07 Å². The number of carboxylic acid groups (broad SMARTS) is 1. The van der Waals surface area contributed by atoms with Crippen molar-refractivity contribution < 1.29 is 23.9 Å². The second-order valence-corrected chi connectivity index (χ2v) is 5.85. The first-order chi connectivity index (χ1) is 12.0. The van der Waals surface area contributed by atoms with Crippen LogP contribution in [-0.4, -0.2) is 28.9 Å². The van der Waals surface area contributed by atoms with Crippen LogP contribution in [0.1, 0.15) is 56.8 Å². The summed E-state index contributed by atoms with van der Waals surface area (Å²) in [5.41, 5.74) is 0.660. The predicted molar refractivity (Wildman–Crippen MR) is 89.9 cm³/mol. The average molecular weight is 342 g/mol. The molecule has 0 bridgehead atoms. The number of benzene rings is 1. The van der Waals surface area contributed by atoms with Gasteiger partial charge in [-0.1, -0.05) is 19.1 Å². The minimum atomic E-state index is -1.15. The van der Waals surface area contributed by atoms with Crippen LogP contribution in [0.2, 0.25) is 0 Å². The molecule has 1 heterocycles. The van der Waals surface area contributed by atoms with Crippen LogP contribution < -0.4 is 10.6 Å². The molecule has 3 N–H and O–H groups in total. The van der Waals surface area contributed by atoms with Gasteiger partial charge < -0.3 is 20.2 Å². The van der Waals surface area contributed by atoms with Crippen LogP contribution in [0.3, 0.4) is 0 Å². The molecule has 7 heteroatoms. The highest BCUT2D eigenvalue weighted by molar-refractivity contribution is 6.08. The van der Waals surface area contributed by atoms with E-state index in [2.05, 4.69) is 10.6 Å². The summed E-state index contributed by atoms with van der Waals surface area (Å²) >= 11 is 0. The molecule has 1 aromatic heterocycles. The Balaban J connectivity index is 1.81. The topological polar surface area (TPSA) is 109 Å². The van der Waals surface area contributed by atoms with E-state index in [9.17, 15) is 14.4 Å². The maximum atomic E-state index is 12.4. The van der Waals surface area contributed by atoms with Gasteiger partial charge in [0.05, 0.1) is 11.3 Å². The minimum Gasteiger partial charge on any atom is -0.478 e. The number of furan rings is 1. The molecule has 7 nitrogen and oxygen atoms in total. The third-order valence-corrected chi connectivity index (χ3v) is 3.92. The number of rotatable bonds is 6. The number of aromatic carboxylic acids is 1. The molecule has 3 rings (SSSR count). The van der Waals surface area contributed by atoms with Crippen molar-refractivity contribution in [1.82, 2.24) is 5.32 Å². The second kappa shape index (κ2) is 6.80. The second-order valence-electron chi connectivity index (χ2n) is 5.85. The van der Waals surface area contributed by atoms with Crippen molar-refractivity contribution in [1.29, 1.82) is 0 Å². The van der Waals surface area contributed by atoms with Crippen molar-refractivity contribution in [3.63, 3.8) is 0 Å². The molecule has 1 fully saturated rings. The van der Waals surface area contributed by atoms with E-state index in [1.54, 1.807) is 31.2 Å². The predicted octanol–water partition coefficient (Wildman–Crippen LogP) is 2.68. The lowest BCUT2D eigenvalue weighted by Gasteiger charge is -2.10. The molecule has 0 radical (unpaired) electrons. The molecular formula is C18H18N2O5. The molecule has 0 spiro atoms. The van der Waals surface area contributed by atoms with Crippen LogP contribution >= 0.6 is 0 Å². The first kappa shape index (κ1) is 16.8. The maximum absolute atomic E-state index is 12.4. The van der Waals surface area contributed by atoms with Gasteiger partial charge in [-0.25, -0.2) is 4.79 Å². The lowest BCUT2D eigenvalue weighted by Crippen LogP contribution is -2.26. The average Bonchev–Trinajstić information content (AvgIpc) is 3.28. The smallest absolute Gasteiger partial charge is 0.339 e. The van der Waals surface area contributed by atoms with Crippen LogP contribution in [0.15, 0.2) is 34.7 Å². The molecule has 0 atom stereocenters. The molecule has 1 aliphatic rings. The fraction of sp³-hybridized carbons (Fsp3) is 0.278. The third-order valence-electron chi connectivity index (χ3n) is 3.92. The van der Waals surface area contributed by atoms with E-state index in [1.807, 2.05) is 0 Å². The lowest BCUT2D eigenvalue weighted by atomic mass is 10.1. The Kier molecular flexibility index (Phi) is 4.56. The first-order valence-corrected chi connectivity index (χ1v) is 8.06. The number of aryl methyl sites for hydroxylation is 1. The van der Waals surface area contributed by atoms with E-state index in [0.29, 0.717) is 17.7 Å². The zero-order chi connectivity index (χ0) is 18.0. The van der Waals surface area contributed by atoms with Crippen molar-refractivity contribution in [3.05, 3.63) is 53.0 Å². The first-order valence-electron chi connectivity index (χ1n) is 8.06. The molecular weight excluding hydrogens is 324 g/mol. The number of hydrogen-bond acceptors (Lipinski definition) is 4. The molecule has 1 aromatic carbocycles. The van der Waals surface area contributed by atoms with Gasteiger partial charge in [-0.05, 0) is 25.0 Å². The van der Waals surface area contributed by atoms with Crippen molar-refractivity contribution in [2.75, 3.05) is 5.32 Å². The summed E-state index contributed by atoms with van der Waals surface area (Å²) in [7, 11) is 0. The number of carbonyl (C=O) groups excluding carboxylic acids is 2. The van der Waals surface area contributed by atoms with Crippen LogP contribution in [0, 0.1) is 0 Å². The third kappa shape index (κ3) is 3.71. The number of anilines is 1. The van der Waals surface area contributed by atoms with Gasteiger partial charge in [0.1, 0.15) is 11.3 Å². The van der Waals surface area contributed by atoms with Gasteiger partial charge in [0.25, 0.3) is 11.8 Å². The summed E-state index contributed by atoms with van der Waals surface area (Å²) in [5, 5.41) is 14.6. The molecule has 1 aliphatic carbocycles. The Morgan fingerprint density at radius 2 is 1.88 bits per heavy atom. The molecule has 1 saturated carbocycles. The van der Waals surface area contributed by atoms with Crippen molar-refractivity contribution >= 4 is 23.5 Å². The fourth-order valence-electron chi connectivity index (χ4n) is 2.45. The molecule has 0 saturated heterocycles. The Morgan fingerprint density at radius 3 is 2.48 bits per heavy atom. The van der Waals surface area contributed by atoms with Gasteiger partial charge in [0.15, 0.2) is 5.76 Å². The van der Waals surface area contributed by atoms with E-state index >= 15 is 0 Å². The van der Waals surface area contributed by atoms with E-state index < -0.39 is 11.9 Å². The van der Waals surface area contributed by atoms with Crippen molar-refractivity contribution in [3.8, 4) is 0 Å². The molecule has 0 aliphatic heterocycles. The monoisotopic (exact) mass is 342 g/mol. The summed E-state index contributed by atoms with van der Waals surface area (Å²) in [6.45, 7) is 1.74. The number of hydrogen-bond donors (Lipinski definition) is 3. The quantitative estimate of drug-likeness (QED) is 0.748.